The Hall–Kier alpha value is -4.19. The van der Waals surface area contributed by atoms with Crippen molar-refractivity contribution < 1.29 is 28.5 Å². The Bertz CT molecular complexity index is 972. The smallest absolute Gasteiger partial charge is 0.259 e. The Kier molecular flexibility index (Phi) is 8.73. The van der Waals surface area contributed by atoms with E-state index in [0.717, 1.165) is 0 Å². The number of carbonyl (C=O) groups excluding carboxylic acids is 2. The van der Waals surface area contributed by atoms with Gasteiger partial charge >= 0.3 is 0 Å². The number of hydrogen-bond acceptors (Lipinski definition) is 7. The number of hydrazone groups is 1. The number of methoxy groups -OCH3 is 3. The zero-order valence-electron chi connectivity index (χ0n) is 17.4. The number of nitrogens with one attached hydrogen (secondary N) is 2. The average molecular weight is 425 g/mol. The van der Waals surface area contributed by atoms with Crippen molar-refractivity contribution in [2.45, 2.75) is 0 Å². The van der Waals surface area contributed by atoms with Crippen molar-refractivity contribution in [3.8, 4) is 35.3 Å². The van der Waals surface area contributed by atoms with E-state index >= 15 is 0 Å². The molecule has 0 heterocycles. The van der Waals surface area contributed by atoms with Gasteiger partial charge in [0, 0.05) is 11.1 Å². The van der Waals surface area contributed by atoms with Crippen molar-refractivity contribution in [3.63, 3.8) is 0 Å². The lowest BCUT2D eigenvalue weighted by atomic mass is 10.1. The van der Waals surface area contributed by atoms with Crippen LogP contribution >= 0.6 is 0 Å². The molecule has 0 atom stereocenters. The molecule has 9 nitrogen and oxygen atoms in total. The normalized spacial score (nSPS) is 10.1. The van der Waals surface area contributed by atoms with Crippen LogP contribution in [0.1, 0.15) is 15.9 Å². The molecule has 162 valence electrons. The first-order chi connectivity index (χ1) is 15.0. The lowest BCUT2D eigenvalue weighted by molar-refractivity contribution is -0.120. The SMILES string of the molecule is C#CCOc1ccccc1/C=N\NC(=O)CNC(=O)c1cc(OC)c(OC)c(OC)c1. The number of rotatable bonds is 10. The van der Waals surface area contributed by atoms with Crippen molar-refractivity contribution in [2.75, 3.05) is 34.5 Å². The number of para-hydroxylation sites is 1. The molecule has 0 saturated carbocycles. The van der Waals surface area contributed by atoms with Gasteiger partial charge in [0.1, 0.15) is 12.4 Å². The maximum Gasteiger partial charge on any atom is 0.259 e. The molecular formula is C22H23N3O6. The third kappa shape index (κ3) is 6.40. The number of carbonyl (C=O) groups is 2. The molecule has 0 spiro atoms. The van der Waals surface area contributed by atoms with E-state index in [2.05, 4.69) is 21.8 Å². The molecule has 0 aromatic heterocycles. The predicted octanol–water partition coefficient (Wildman–Crippen LogP) is 1.60. The maximum absolute atomic E-state index is 12.4. The predicted molar refractivity (Wildman–Crippen MR) is 115 cm³/mol. The molecule has 0 fully saturated rings. The van der Waals surface area contributed by atoms with Gasteiger partial charge in [0.25, 0.3) is 11.8 Å². The van der Waals surface area contributed by atoms with Crippen molar-refractivity contribution in [1.29, 1.82) is 0 Å². The van der Waals surface area contributed by atoms with Crippen molar-refractivity contribution in [2.24, 2.45) is 5.10 Å². The van der Waals surface area contributed by atoms with Crippen molar-refractivity contribution in [3.05, 3.63) is 47.5 Å². The van der Waals surface area contributed by atoms with Gasteiger partial charge < -0.3 is 24.3 Å². The fourth-order valence-corrected chi connectivity index (χ4v) is 2.53. The van der Waals surface area contributed by atoms with E-state index in [-0.39, 0.29) is 18.7 Å². The Balaban J connectivity index is 1.96. The van der Waals surface area contributed by atoms with Gasteiger partial charge in [-0.15, -0.1) is 6.42 Å². The summed E-state index contributed by atoms with van der Waals surface area (Å²) in [5, 5.41) is 6.38. The van der Waals surface area contributed by atoms with E-state index in [4.69, 9.17) is 25.4 Å². The molecule has 0 aliphatic heterocycles. The minimum absolute atomic E-state index is 0.115. The standard InChI is InChI=1S/C22H23N3O6/c1-5-10-31-17-9-7-6-8-15(17)13-24-25-20(26)14-23-22(27)16-11-18(28-2)21(30-4)19(12-16)29-3/h1,6-9,11-13H,10,14H2,2-4H3,(H,23,27)(H,25,26)/b24-13-. The zero-order chi connectivity index (χ0) is 22.6. The summed E-state index contributed by atoms with van der Waals surface area (Å²) in [6.45, 7) is -0.174. The number of nitrogens with zero attached hydrogens (tertiary/aromatic N) is 1. The van der Waals surface area contributed by atoms with Gasteiger partial charge in [-0.3, -0.25) is 9.59 Å². The van der Waals surface area contributed by atoms with Gasteiger partial charge in [0.05, 0.1) is 34.1 Å². The molecule has 2 N–H and O–H groups in total. The highest BCUT2D eigenvalue weighted by atomic mass is 16.5. The molecule has 0 saturated heterocycles. The van der Waals surface area contributed by atoms with Crippen LogP contribution in [0.2, 0.25) is 0 Å². The fraction of sp³-hybridized carbons (Fsp3) is 0.227. The molecular weight excluding hydrogens is 402 g/mol. The summed E-state index contributed by atoms with van der Waals surface area (Å²) < 4.78 is 21.1. The van der Waals surface area contributed by atoms with Crippen LogP contribution in [0.4, 0.5) is 0 Å². The third-order valence-electron chi connectivity index (χ3n) is 3.96. The van der Waals surface area contributed by atoms with Gasteiger partial charge in [0.2, 0.25) is 5.75 Å². The maximum atomic E-state index is 12.4. The summed E-state index contributed by atoms with van der Waals surface area (Å²) in [5.41, 5.74) is 3.21. The highest BCUT2D eigenvalue weighted by Crippen LogP contribution is 2.38. The van der Waals surface area contributed by atoms with Crippen LogP contribution < -0.4 is 29.7 Å². The Morgan fingerprint density at radius 3 is 2.35 bits per heavy atom. The minimum Gasteiger partial charge on any atom is -0.493 e. The van der Waals surface area contributed by atoms with Gasteiger partial charge in [0.15, 0.2) is 11.5 Å². The lowest BCUT2D eigenvalue weighted by Gasteiger charge is -2.14. The zero-order valence-corrected chi connectivity index (χ0v) is 17.4. The van der Waals surface area contributed by atoms with Crippen LogP contribution in [0.5, 0.6) is 23.0 Å². The van der Waals surface area contributed by atoms with Gasteiger partial charge in [-0.2, -0.15) is 5.10 Å². The van der Waals surface area contributed by atoms with Crippen LogP contribution in [0.25, 0.3) is 0 Å². The first-order valence-electron chi connectivity index (χ1n) is 9.09. The van der Waals surface area contributed by atoms with Gasteiger partial charge in [-0.05, 0) is 24.3 Å². The minimum atomic E-state index is -0.515. The summed E-state index contributed by atoms with van der Waals surface area (Å²) in [6.07, 6.45) is 6.61. The molecule has 9 heteroatoms. The van der Waals surface area contributed by atoms with Crippen LogP contribution in [-0.4, -0.2) is 52.5 Å². The second-order valence-corrected chi connectivity index (χ2v) is 5.92. The third-order valence-corrected chi connectivity index (χ3v) is 3.96. The largest absolute Gasteiger partial charge is 0.493 e. The number of benzene rings is 2. The first kappa shape index (κ1) is 23.1. The lowest BCUT2D eigenvalue weighted by Crippen LogP contribution is -2.35. The second-order valence-electron chi connectivity index (χ2n) is 5.92. The summed E-state index contributed by atoms with van der Waals surface area (Å²) in [5.74, 6) is 2.92. The molecule has 2 rings (SSSR count). The van der Waals surface area contributed by atoms with E-state index in [1.165, 1.54) is 39.7 Å². The number of amides is 2. The number of hydrogen-bond donors (Lipinski definition) is 2. The number of terminal acetylenes is 1. The fourth-order valence-electron chi connectivity index (χ4n) is 2.53. The van der Waals surface area contributed by atoms with E-state index in [0.29, 0.717) is 28.6 Å². The Morgan fingerprint density at radius 1 is 1.06 bits per heavy atom. The highest BCUT2D eigenvalue weighted by Gasteiger charge is 2.17. The molecule has 0 bridgehead atoms. The van der Waals surface area contributed by atoms with Crippen LogP contribution in [0, 0.1) is 12.3 Å². The topological polar surface area (TPSA) is 107 Å². The molecule has 0 aliphatic carbocycles. The highest BCUT2D eigenvalue weighted by molar-refractivity contribution is 5.97. The van der Waals surface area contributed by atoms with Crippen molar-refractivity contribution >= 4 is 18.0 Å². The van der Waals surface area contributed by atoms with Crippen LogP contribution in [0.3, 0.4) is 0 Å². The van der Waals surface area contributed by atoms with Gasteiger partial charge in [-0.25, -0.2) is 5.43 Å². The molecule has 0 radical (unpaired) electrons. The van der Waals surface area contributed by atoms with Gasteiger partial charge in [-0.1, -0.05) is 18.1 Å². The van der Waals surface area contributed by atoms with E-state index in [9.17, 15) is 9.59 Å². The quantitative estimate of drug-likeness (QED) is 0.340. The van der Waals surface area contributed by atoms with Crippen molar-refractivity contribution in [1.82, 2.24) is 10.7 Å². The molecule has 31 heavy (non-hydrogen) atoms. The molecule has 0 aliphatic rings. The van der Waals surface area contributed by atoms with E-state index in [1.54, 1.807) is 24.3 Å². The molecule has 2 aromatic rings. The molecule has 0 unspecified atom stereocenters. The van der Waals surface area contributed by atoms with Crippen LogP contribution in [0.15, 0.2) is 41.5 Å². The van der Waals surface area contributed by atoms with Crippen LogP contribution in [-0.2, 0) is 4.79 Å². The second kappa shape index (κ2) is 11.7. The Morgan fingerprint density at radius 2 is 1.74 bits per heavy atom. The summed E-state index contributed by atoms with van der Waals surface area (Å²) in [4.78, 5) is 24.4. The number of ether oxygens (including phenoxy) is 4. The molecule has 2 aromatic carbocycles. The Labute approximate surface area is 180 Å². The average Bonchev–Trinajstić information content (AvgIpc) is 2.80. The summed E-state index contributed by atoms with van der Waals surface area (Å²) >= 11 is 0. The molecule has 2 amide bonds. The first-order valence-corrected chi connectivity index (χ1v) is 9.09. The summed E-state index contributed by atoms with van der Waals surface area (Å²) in [7, 11) is 4.35. The summed E-state index contributed by atoms with van der Waals surface area (Å²) in [6, 6.07) is 10.1. The van der Waals surface area contributed by atoms with E-state index in [1.807, 2.05) is 0 Å². The monoisotopic (exact) mass is 425 g/mol. The van der Waals surface area contributed by atoms with E-state index < -0.39 is 11.8 Å².